The molecular formula is C9H12BrNO. The van der Waals surface area contributed by atoms with Crippen LogP contribution in [0.25, 0.3) is 0 Å². The SMILES string of the molecule is C=CC(NCC)c1ccc(Br)o1. The van der Waals surface area contributed by atoms with Gasteiger partial charge in [0.25, 0.3) is 0 Å². The van der Waals surface area contributed by atoms with Crippen LogP contribution in [0.15, 0.2) is 33.9 Å². The van der Waals surface area contributed by atoms with E-state index in [9.17, 15) is 0 Å². The second kappa shape index (κ2) is 4.48. The molecule has 1 heterocycles. The first-order valence-corrected chi connectivity index (χ1v) is 4.68. The Hall–Kier alpha value is -0.540. The molecule has 0 amide bonds. The summed E-state index contributed by atoms with van der Waals surface area (Å²) < 4.78 is 6.12. The fourth-order valence-electron chi connectivity index (χ4n) is 1.02. The zero-order chi connectivity index (χ0) is 8.97. The monoisotopic (exact) mass is 229 g/mol. The van der Waals surface area contributed by atoms with E-state index in [1.54, 1.807) is 0 Å². The summed E-state index contributed by atoms with van der Waals surface area (Å²) in [4.78, 5) is 0. The highest BCUT2D eigenvalue weighted by Gasteiger charge is 2.09. The highest BCUT2D eigenvalue weighted by atomic mass is 79.9. The van der Waals surface area contributed by atoms with E-state index in [2.05, 4.69) is 34.7 Å². The van der Waals surface area contributed by atoms with E-state index in [-0.39, 0.29) is 6.04 Å². The van der Waals surface area contributed by atoms with Gasteiger partial charge >= 0.3 is 0 Å². The molecular weight excluding hydrogens is 218 g/mol. The van der Waals surface area contributed by atoms with Crippen molar-refractivity contribution in [1.29, 1.82) is 0 Å². The Labute approximate surface area is 80.8 Å². The van der Waals surface area contributed by atoms with E-state index in [1.807, 2.05) is 18.2 Å². The Morgan fingerprint density at radius 1 is 1.75 bits per heavy atom. The lowest BCUT2D eigenvalue weighted by atomic mass is 10.2. The molecule has 1 rings (SSSR count). The Morgan fingerprint density at radius 2 is 2.50 bits per heavy atom. The molecule has 1 aromatic rings. The largest absolute Gasteiger partial charge is 0.452 e. The molecule has 2 nitrogen and oxygen atoms in total. The summed E-state index contributed by atoms with van der Waals surface area (Å²) in [6, 6.07) is 3.92. The van der Waals surface area contributed by atoms with Crippen LogP contribution in [-0.4, -0.2) is 6.54 Å². The van der Waals surface area contributed by atoms with Crippen molar-refractivity contribution in [2.75, 3.05) is 6.54 Å². The van der Waals surface area contributed by atoms with Crippen LogP contribution in [0.4, 0.5) is 0 Å². The number of halogens is 1. The molecule has 12 heavy (non-hydrogen) atoms. The minimum atomic E-state index is 0.112. The van der Waals surface area contributed by atoms with Gasteiger partial charge in [-0.25, -0.2) is 0 Å². The van der Waals surface area contributed by atoms with Crippen LogP contribution in [0, 0.1) is 0 Å². The maximum absolute atomic E-state index is 5.37. The zero-order valence-corrected chi connectivity index (χ0v) is 8.60. The molecule has 0 aliphatic heterocycles. The molecule has 0 bridgehead atoms. The van der Waals surface area contributed by atoms with Crippen molar-refractivity contribution >= 4 is 15.9 Å². The molecule has 66 valence electrons. The lowest BCUT2D eigenvalue weighted by Gasteiger charge is -2.09. The van der Waals surface area contributed by atoms with Gasteiger partial charge in [-0.05, 0) is 34.6 Å². The molecule has 0 fully saturated rings. The van der Waals surface area contributed by atoms with E-state index in [0.717, 1.165) is 17.0 Å². The summed E-state index contributed by atoms with van der Waals surface area (Å²) in [7, 11) is 0. The molecule has 1 unspecified atom stereocenters. The van der Waals surface area contributed by atoms with Crippen LogP contribution < -0.4 is 5.32 Å². The molecule has 0 radical (unpaired) electrons. The van der Waals surface area contributed by atoms with Gasteiger partial charge in [-0.3, -0.25) is 0 Å². The van der Waals surface area contributed by atoms with Crippen molar-refractivity contribution in [2.45, 2.75) is 13.0 Å². The normalized spacial score (nSPS) is 12.8. The van der Waals surface area contributed by atoms with Gasteiger partial charge in [0.15, 0.2) is 4.67 Å². The summed E-state index contributed by atoms with van der Waals surface area (Å²) >= 11 is 3.25. The van der Waals surface area contributed by atoms with Crippen LogP contribution in [0.2, 0.25) is 0 Å². The topological polar surface area (TPSA) is 25.2 Å². The molecule has 1 aromatic heterocycles. The molecule has 3 heteroatoms. The van der Waals surface area contributed by atoms with E-state index in [0.29, 0.717) is 0 Å². The van der Waals surface area contributed by atoms with Crippen LogP contribution >= 0.6 is 15.9 Å². The predicted molar refractivity (Wildman–Crippen MR) is 53.0 cm³/mol. The molecule has 0 saturated heterocycles. The Balaban J connectivity index is 2.72. The Kier molecular flexibility index (Phi) is 3.56. The Bertz CT molecular complexity index is 257. The van der Waals surface area contributed by atoms with Crippen LogP contribution in [0.3, 0.4) is 0 Å². The molecule has 0 aliphatic carbocycles. The van der Waals surface area contributed by atoms with E-state index >= 15 is 0 Å². The molecule has 1 atom stereocenters. The van der Waals surface area contributed by atoms with Gasteiger partial charge in [0, 0.05) is 0 Å². The average Bonchev–Trinajstić information content (AvgIpc) is 2.47. The van der Waals surface area contributed by atoms with Crippen LogP contribution in [0.5, 0.6) is 0 Å². The quantitative estimate of drug-likeness (QED) is 0.804. The van der Waals surface area contributed by atoms with Gasteiger partial charge in [0.05, 0.1) is 6.04 Å². The number of nitrogens with one attached hydrogen (secondary N) is 1. The number of furan rings is 1. The van der Waals surface area contributed by atoms with E-state index in [1.165, 1.54) is 0 Å². The molecule has 1 N–H and O–H groups in total. The van der Waals surface area contributed by atoms with Gasteiger partial charge in [0.2, 0.25) is 0 Å². The Morgan fingerprint density at radius 3 is 2.92 bits per heavy atom. The van der Waals surface area contributed by atoms with Crippen molar-refractivity contribution in [3.63, 3.8) is 0 Å². The first-order chi connectivity index (χ1) is 5.77. The number of hydrogen-bond acceptors (Lipinski definition) is 2. The second-order valence-electron chi connectivity index (χ2n) is 2.41. The van der Waals surface area contributed by atoms with Crippen LogP contribution in [0.1, 0.15) is 18.7 Å². The lowest BCUT2D eigenvalue weighted by Crippen LogP contribution is -2.17. The molecule has 0 aromatic carbocycles. The zero-order valence-electron chi connectivity index (χ0n) is 7.01. The van der Waals surface area contributed by atoms with Crippen molar-refractivity contribution in [3.8, 4) is 0 Å². The first-order valence-electron chi connectivity index (χ1n) is 3.89. The molecule has 0 saturated carbocycles. The van der Waals surface area contributed by atoms with E-state index in [4.69, 9.17) is 4.42 Å². The fourth-order valence-corrected chi connectivity index (χ4v) is 1.33. The van der Waals surface area contributed by atoms with Crippen molar-refractivity contribution in [3.05, 3.63) is 35.2 Å². The third kappa shape index (κ3) is 2.22. The highest BCUT2D eigenvalue weighted by molar-refractivity contribution is 9.10. The summed E-state index contributed by atoms with van der Waals surface area (Å²) in [6.45, 7) is 6.68. The maximum Gasteiger partial charge on any atom is 0.169 e. The highest BCUT2D eigenvalue weighted by Crippen LogP contribution is 2.20. The number of likely N-dealkylation sites (N-methyl/N-ethyl adjacent to an activating group) is 1. The van der Waals surface area contributed by atoms with Gasteiger partial charge in [-0.1, -0.05) is 13.0 Å². The van der Waals surface area contributed by atoms with Crippen molar-refractivity contribution < 1.29 is 4.42 Å². The average molecular weight is 230 g/mol. The van der Waals surface area contributed by atoms with Gasteiger partial charge in [-0.2, -0.15) is 0 Å². The smallest absolute Gasteiger partial charge is 0.169 e. The minimum Gasteiger partial charge on any atom is -0.452 e. The van der Waals surface area contributed by atoms with Gasteiger partial charge in [0.1, 0.15) is 5.76 Å². The van der Waals surface area contributed by atoms with Gasteiger partial charge < -0.3 is 9.73 Å². The predicted octanol–water partition coefficient (Wildman–Crippen LogP) is 2.88. The second-order valence-corrected chi connectivity index (χ2v) is 3.19. The minimum absolute atomic E-state index is 0.112. The fraction of sp³-hybridized carbons (Fsp3) is 0.333. The lowest BCUT2D eigenvalue weighted by molar-refractivity contribution is 0.443. The maximum atomic E-state index is 5.37. The van der Waals surface area contributed by atoms with Gasteiger partial charge in [-0.15, -0.1) is 6.58 Å². The molecule has 0 spiro atoms. The third-order valence-corrected chi connectivity index (χ3v) is 1.99. The number of rotatable bonds is 4. The standard InChI is InChI=1S/C9H12BrNO/c1-3-7(11-4-2)8-5-6-9(10)12-8/h3,5-7,11H,1,4H2,2H3. The van der Waals surface area contributed by atoms with E-state index < -0.39 is 0 Å². The summed E-state index contributed by atoms with van der Waals surface area (Å²) in [5.74, 6) is 0.888. The van der Waals surface area contributed by atoms with Crippen molar-refractivity contribution in [2.24, 2.45) is 0 Å². The molecule has 0 aliphatic rings. The third-order valence-electron chi connectivity index (χ3n) is 1.56. The number of hydrogen-bond donors (Lipinski definition) is 1. The summed E-state index contributed by atoms with van der Waals surface area (Å²) in [5, 5.41) is 3.23. The summed E-state index contributed by atoms with van der Waals surface area (Å²) in [6.07, 6.45) is 1.83. The summed E-state index contributed by atoms with van der Waals surface area (Å²) in [5.41, 5.74) is 0. The first kappa shape index (κ1) is 9.55. The van der Waals surface area contributed by atoms with Crippen molar-refractivity contribution in [1.82, 2.24) is 5.32 Å². The van der Waals surface area contributed by atoms with Crippen LogP contribution in [-0.2, 0) is 0 Å².